The van der Waals surface area contributed by atoms with Crippen molar-refractivity contribution in [2.45, 2.75) is 71.8 Å². The zero-order valence-corrected chi connectivity index (χ0v) is 16.9. The molecule has 2 rings (SSSR count). The van der Waals surface area contributed by atoms with Gasteiger partial charge in [-0.3, -0.25) is 14.5 Å². The maximum atomic E-state index is 12.9. The van der Waals surface area contributed by atoms with Crippen LogP contribution in [-0.2, 0) is 22.4 Å². The molecule has 1 fully saturated rings. The molecule has 0 atom stereocenters. The summed E-state index contributed by atoms with van der Waals surface area (Å²) in [5.74, 6) is -0.635. The topological polar surface area (TPSA) is 78.5 Å². The van der Waals surface area contributed by atoms with Gasteiger partial charge >= 0.3 is 6.03 Å². The Hall–Kier alpha value is -2.37. The Bertz CT molecular complexity index is 686. The number of nitrogens with one attached hydrogen (secondary N) is 2. The maximum Gasteiger partial charge on any atom is 0.325 e. The number of para-hydroxylation sites is 1. The fraction of sp³-hybridized carbons (Fsp3) is 0.571. The van der Waals surface area contributed by atoms with Crippen LogP contribution in [0.4, 0.5) is 10.5 Å². The smallest absolute Gasteiger partial charge is 0.324 e. The van der Waals surface area contributed by atoms with E-state index in [1.165, 1.54) is 0 Å². The highest BCUT2D eigenvalue weighted by Crippen LogP contribution is 2.28. The Labute approximate surface area is 161 Å². The number of hydrogen-bond acceptors (Lipinski definition) is 3. The zero-order valence-electron chi connectivity index (χ0n) is 16.9. The van der Waals surface area contributed by atoms with E-state index >= 15 is 0 Å². The van der Waals surface area contributed by atoms with Gasteiger partial charge in [-0.15, -0.1) is 0 Å². The number of aryl methyl sites for hydroxylation is 2. The maximum absolute atomic E-state index is 12.9. The first-order chi connectivity index (χ1) is 12.9. The minimum Gasteiger partial charge on any atom is -0.324 e. The van der Waals surface area contributed by atoms with Gasteiger partial charge in [-0.25, -0.2) is 4.79 Å². The second kappa shape index (κ2) is 9.02. The fourth-order valence-electron chi connectivity index (χ4n) is 3.86. The van der Waals surface area contributed by atoms with E-state index in [4.69, 9.17) is 0 Å². The van der Waals surface area contributed by atoms with Crippen LogP contribution in [0.2, 0.25) is 0 Å². The first-order valence-corrected chi connectivity index (χ1v) is 9.97. The number of carbonyl (C=O) groups is 3. The highest BCUT2D eigenvalue weighted by molar-refractivity contribution is 6.10. The van der Waals surface area contributed by atoms with Crippen molar-refractivity contribution in [3.63, 3.8) is 0 Å². The lowest BCUT2D eigenvalue weighted by Gasteiger charge is -2.25. The molecule has 0 aliphatic carbocycles. The molecule has 0 bridgehead atoms. The monoisotopic (exact) mass is 373 g/mol. The molecule has 2 N–H and O–H groups in total. The molecule has 148 valence electrons. The SMILES string of the molecule is CCCC1(CCC)NC(=O)N(CC(=O)Nc2c(CC)cccc2CC)C1=O. The molecule has 1 aliphatic rings. The summed E-state index contributed by atoms with van der Waals surface area (Å²) in [6.07, 6.45) is 4.33. The second-order valence-corrected chi connectivity index (χ2v) is 7.11. The van der Waals surface area contributed by atoms with E-state index in [1.54, 1.807) is 0 Å². The number of nitrogens with zero attached hydrogens (tertiary/aromatic N) is 1. The van der Waals surface area contributed by atoms with Crippen LogP contribution < -0.4 is 10.6 Å². The van der Waals surface area contributed by atoms with Gasteiger partial charge in [-0.05, 0) is 36.8 Å². The van der Waals surface area contributed by atoms with Crippen molar-refractivity contribution in [3.05, 3.63) is 29.3 Å². The van der Waals surface area contributed by atoms with Gasteiger partial charge < -0.3 is 10.6 Å². The van der Waals surface area contributed by atoms with Crippen molar-refractivity contribution in [2.24, 2.45) is 0 Å². The van der Waals surface area contributed by atoms with Gasteiger partial charge in [0.2, 0.25) is 5.91 Å². The van der Waals surface area contributed by atoms with E-state index in [0.29, 0.717) is 12.8 Å². The summed E-state index contributed by atoms with van der Waals surface area (Å²) in [5, 5.41) is 5.77. The third-order valence-electron chi connectivity index (χ3n) is 5.16. The van der Waals surface area contributed by atoms with Gasteiger partial charge in [0.25, 0.3) is 5.91 Å². The first-order valence-electron chi connectivity index (χ1n) is 9.97. The molecule has 1 aromatic rings. The molecule has 0 spiro atoms. The van der Waals surface area contributed by atoms with Gasteiger partial charge in [0.1, 0.15) is 12.1 Å². The molecule has 1 aromatic carbocycles. The lowest BCUT2D eigenvalue weighted by atomic mass is 9.88. The molecular formula is C21H31N3O3. The van der Waals surface area contributed by atoms with Gasteiger partial charge in [-0.2, -0.15) is 0 Å². The summed E-state index contributed by atoms with van der Waals surface area (Å²) in [4.78, 5) is 39.0. The average Bonchev–Trinajstić information content (AvgIpc) is 2.86. The quantitative estimate of drug-likeness (QED) is 0.649. The van der Waals surface area contributed by atoms with Crippen LogP contribution in [0.5, 0.6) is 0 Å². The molecule has 1 aliphatic heterocycles. The fourth-order valence-corrected chi connectivity index (χ4v) is 3.86. The van der Waals surface area contributed by atoms with Crippen molar-refractivity contribution >= 4 is 23.5 Å². The summed E-state index contributed by atoms with van der Waals surface area (Å²) in [6, 6.07) is 5.47. The Morgan fingerprint density at radius 2 is 1.59 bits per heavy atom. The van der Waals surface area contributed by atoms with E-state index < -0.39 is 11.6 Å². The highest BCUT2D eigenvalue weighted by atomic mass is 16.2. The Morgan fingerprint density at radius 1 is 1.04 bits per heavy atom. The number of benzene rings is 1. The van der Waals surface area contributed by atoms with Crippen LogP contribution in [0.15, 0.2) is 18.2 Å². The highest BCUT2D eigenvalue weighted by Gasteiger charge is 2.50. The Kier molecular flexibility index (Phi) is 6.99. The first kappa shape index (κ1) is 20.9. The predicted molar refractivity (Wildman–Crippen MR) is 107 cm³/mol. The molecule has 6 heteroatoms. The number of anilines is 1. The normalized spacial score (nSPS) is 15.8. The minimum absolute atomic E-state index is 0.263. The van der Waals surface area contributed by atoms with Crippen LogP contribution in [0.1, 0.15) is 64.5 Å². The molecule has 1 heterocycles. The van der Waals surface area contributed by atoms with Gasteiger partial charge in [-0.1, -0.05) is 58.7 Å². The number of rotatable bonds is 9. The summed E-state index contributed by atoms with van der Waals surface area (Å²) in [6.45, 7) is 7.78. The third kappa shape index (κ3) is 4.31. The molecular weight excluding hydrogens is 342 g/mol. The van der Waals surface area contributed by atoms with Crippen LogP contribution in [0.25, 0.3) is 0 Å². The molecule has 0 saturated carbocycles. The van der Waals surface area contributed by atoms with Crippen LogP contribution in [0.3, 0.4) is 0 Å². The summed E-state index contributed by atoms with van der Waals surface area (Å²) < 4.78 is 0. The molecule has 4 amide bonds. The minimum atomic E-state index is -0.864. The van der Waals surface area contributed by atoms with Crippen molar-refractivity contribution < 1.29 is 14.4 Å². The standard InChI is InChI=1S/C21H31N3O3/c1-5-12-21(13-6-2)19(26)24(20(27)23-21)14-17(25)22-18-15(7-3)10-9-11-16(18)8-4/h9-11H,5-8,12-14H2,1-4H3,(H,22,25)(H,23,27). The number of imide groups is 1. The Balaban J connectivity index is 2.17. The van der Waals surface area contributed by atoms with Gasteiger partial charge in [0.05, 0.1) is 0 Å². The predicted octanol–water partition coefficient (Wildman–Crippen LogP) is 3.64. The van der Waals surface area contributed by atoms with E-state index in [0.717, 1.165) is 47.4 Å². The number of amides is 4. The molecule has 1 saturated heterocycles. The van der Waals surface area contributed by atoms with E-state index in [1.807, 2.05) is 45.9 Å². The number of hydrogen-bond donors (Lipinski definition) is 2. The molecule has 0 unspecified atom stereocenters. The third-order valence-corrected chi connectivity index (χ3v) is 5.16. The van der Waals surface area contributed by atoms with Gasteiger partial charge in [0.15, 0.2) is 0 Å². The van der Waals surface area contributed by atoms with Gasteiger partial charge in [0, 0.05) is 5.69 Å². The zero-order chi connectivity index (χ0) is 20.0. The van der Waals surface area contributed by atoms with Crippen molar-refractivity contribution in [3.8, 4) is 0 Å². The second-order valence-electron chi connectivity index (χ2n) is 7.11. The lowest BCUT2D eigenvalue weighted by molar-refractivity contribution is -0.134. The number of urea groups is 1. The van der Waals surface area contributed by atoms with Crippen molar-refractivity contribution in [1.29, 1.82) is 0 Å². The summed E-state index contributed by atoms with van der Waals surface area (Å²) in [5.41, 5.74) is 2.03. The molecule has 6 nitrogen and oxygen atoms in total. The van der Waals surface area contributed by atoms with E-state index in [9.17, 15) is 14.4 Å². The van der Waals surface area contributed by atoms with Crippen molar-refractivity contribution in [1.82, 2.24) is 10.2 Å². The van der Waals surface area contributed by atoms with E-state index in [2.05, 4.69) is 10.6 Å². The summed E-state index contributed by atoms with van der Waals surface area (Å²) >= 11 is 0. The van der Waals surface area contributed by atoms with Crippen LogP contribution >= 0.6 is 0 Å². The number of carbonyl (C=O) groups excluding carboxylic acids is 3. The summed E-state index contributed by atoms with van der Waals surface area (Å²) in [7, 11) is 0. The molecule has 27 heavy (non-hydrogen) atoms. The van der Waals surface area contributed by atoms with Crippen LogP contribution in [-0.4, -0.2) is 34.8 Å². The molecule has 0 radical (unpaired) electrons. The average molecular weight is 373 g/mol. The van der Waals surface area contributed by atoms with E-state index in [-0.39, 0.29) is 18.4 Å². The lowest BCUT2D eigenvalue weighted by Crippen LogP contribution is -2.47. The largest absolute Gasteiger partial charge is 0.325 e. The molecule has 0 aromatic heterocycles. The Morgan fingerprint density at radius 3 is 2.07 bits per heavy atom. The van der Waals surface area contributed by atoms with Crippen molar-refractivity contribution in [2.75, 3.05) is 11.9 Å². The van der Waals surface area contributed by atoms with Crippen LogP contribution in [0, 0.1) is 0 Å².